The van der Waals surface area contributed by atoms with Gasteiger partial charge in [0.05, 0.1) is 12.7 Å². The molecule has 2 aromatic carbocycles. The van der Waals surface area contributed by atoms with Crippen molar-refractivity contribution in [2.75, 3.05) is 25.0 Å². The Balaban J connectivity index is 1.55. The topological polar surface area (TPSA) is 73.8 Å². The van der Waals surface area contributed by atoms with E-state index >= 15 is 0 Å². The van der Waals surface area contributed by atoms with E-state index in [1.165, 1.54) is 5.56 Å². The molecule has 0 radical (unpaired) electrons. The van der Waals surface area contributed by atoms with E-state index in [1.54, 1.807) is 0 Å². The number of urea groups is 1. The van der Waals surface area contributed by atoms with E-state index in [2.05, 4.69) is 27.7 Å². The average molecular weight is 398 g/mol. The highest BCUT2D eigenvalue weighted by Gasteiger charge is 2.18. The summed E-state index contributed by atoms with van der Waals surface area (Å²) in [6.07, 6.45) is 1.48. The van der Waals surface area contributed by atoms with Gasteiger partial charge in [0.2, 0.25) is 0 Å². The Hall–Kier alpha value is -2.57. The second-order valence-electron chi connectivity index (χ2n) is 7.49. The second kappa shape index (κ2) is 10.3. The van der Waals surface area contributed by atoms with Crippen LogP contribution < -0.4 is 15.4 Å². The van der Waals surface area contributed by atoms with Crippen molar-refractivity contribution in [3.63, 3.8) is 0 Å². The van der Waals surface area contributed by atoms with Crippen LogP contribution in [0.25, 0.3) is 0 Å². The third kappa shape index (κ3) is 6.21. The van der Waals surface area contributed by atoms with Crippen LogP contribution in [0, 0.1) is 6.92 Å². The largest absolute Gasteiger partial charge is 0.494 e. The fourth-order valence-electron chi connectivity index (χ4n) is 3.58. The van der Waals surface area contributed by atoms with Gasteiger partial charge in [0.15, 0.2) is 0 Å². The molecule has 3 rings (SSSR count). The van der Waals surface area contributed by atoms with Crippen LogP contribution >= 0.6 is 0 Å². The number of aliphatic hydroxyl groups is 1. The van der Waals surface area contributed by atoms with E-state index in [4.69, 9.17) is 4.74 Å². The molecule has 0 atom stereocenters. The van der Waals surface area contributed by atoms with Gasteiger partial charge in [0.1, 0.15) is 5.75 Å². The van der Waals surface area contributed by atoms with Crippen molar-refractivity contribution in [3.05, 3.63) is 59.2 Å². The van der Waals surface area contributed by atoms with Crippen molar-refractivity contribution in [1.82, 2.24) is 10.2 Å². The molecule has 0 bridgehead atoms. The van der Waals surface area contributed by atoms with Crippen molar-refractivity contribution in [2.45, 2.75) is 45.9 Å². The molecule has 29 heavy (non-hydrogen) atoms. The van der Waals surface area contributed by atoms with Crippen LogP contribution in [0.2, 0.25) is 0 Å². The van der Waals surface area contributed by atoms with Gasteiger partial charge in [-0.25, -0.2) is 4.79 Å². The van der Waals surface area contributed by atoms with Crippen LogP contribution in [0.4, 0.5) is 10.5 Å². The highest BCUT2D eigenvalue weighted by atomic mass is 16.5. The average Bonchev–Trinajstić information content (AvgIpc) is 2.71. The maximum Gasteiger partial charge on any atom is 0.319 e. The fraction of sp³-hybridized carbons (Fsp3) is 0.435. The zero-order valence-corrected chi connectivity index (χ0v) is 17.3. The lowest BCUT2D eigenvalue weighted by Gasteiger charge is -2.30. The number of aliphatic hydroxyl groups excluding tert-OH is 1. The van der Waals surface area contributed by atoms with Crippen LogP contribution in [0.1, 0.15) is 36.5 Å². The molecule has 1 aliphatic rings. The first-order valence-corrected chi connectivity index (χ1v) is 10.3. The number of benzene rings is 2. The Morgan fingerprint density at radius 2 is 1.90 bits per heavy atom. The van der Waals surface area contributed by atoms with E-state index in [1.807, 2.05) is 44.2 Å². The second-order valence-corrected chi connectivity index (χ2v) is 7.49. The monoisotopic (exact) mass is 397 g/mol. The third-order valence-corrected chi connectivity index (χ3v) is 5.27. The van der Waals surface area contributed by atoms with Gasteiger partial charge in [-0.1, -0.05) is 24.3 Å². The number of hydrogen-bond acceptors (Lipinski definition) is 4. The molecule has 2 amide bonds. The van der Waals surface area contributed by atoms with Crippen LogP contribution in [0.3, 0.4) is 0 Å². The quantitative estimate of drug-likeness (QED) is 0.666. The molecule has 156 valence electrons. The zero-order valence-electron chi connectivity index (χ0n) is 17.3. The lowest BCUT2D eigenvalue weighted by Crippen LogP contribution is -2.35. The summed E-state index contributed by atoms with van der Waals surface area (Å²) in [5.41, 5.74) is 4.04. The molecule has 1 aliphatic heterocycles. The number of piperidine rings is 1. The minimum Gasteiger partial charge on any atom is -0.494 e. The first-order valence-electron chi connectivity index (χ1n) is 10.3. The maximum absolute atomic E-state index is 12.4. The number of nitrogens with one attached hydrogen (secondary N) is 2. The van der Waals surface area contributed by atoms with Gasteiger partial charge in [0.25, 0.3) is 0 Å². The zero-order chi connectivity index (χ0) is 20.6. The Morgan fingerprint density at radius 3 is 2.59 bits per heavy atom. The standard InChI is InChI=1S/C23H31N3O3/c1-3-29-21-8-9-22(17(2)14-21)25-23(28)24-15-18-6-4-5-7-19(18)16-26-12-10-20(27)11-13-26/h4-9,14,20,27H,3,10-13,15-16H2,1-2H3,(H2,24,25,28). The highest BCUT2D eigenvalue weighted by Crippen LogP contribution is 2.21. The van der Waals surface area contributed by atoms with Gasteiger partial charge in [-0.15, -0.1) is 0 Å². The summed E-state index contributed by atoms with van der Waals surface area (Å²) < 4.78 is 5.49. The SMILES string of the molecule is CCOc1ccc(NC(=O)NCc2ccccc2CN2CCC(O)CC2)c(C)c1. The molecule has 0 aromatic heterocycles. The Labute approximate surface area is 172 Å². The van der Waals surface area contributed by atoms with E-state index in [0.29, 0.717) is 13.2 Å². The molecule has 6 nitrogen and oxygen atoms in total. The summed E-state index contributed by atoms with van der Waals surface area (Å²) >= 11 is 0. The number of aryl methyl sites for hydroxylation is 1. The van der Waals surface area contributed by atoms with Gasteiger partial charge in [-0.2, -0.15) is 0 Å². The van der Waals surface area contributed by atoms with Gasteiger partial charge in [-0.3, -0.25) is 4.90 Å². The molecule has 3 N–H and O–H groups in total. The molecule has 2 aromatic rings. The smallest absolute Gasteiger partial charge is 0.319 e. The summed E-state index contributed by atoms with van der Waals surface area (Å²) in [4.78, 5) is 14.8. The van der Waals surface area contributed by atoms with Crippen LogP contribution in [0.15, 0.2) is 42.5 Å². The molecular formula is C23H31N3O3. The van der Waals surface area contributed by atoms with E-state index in [9.17, 15) is 9.90 Å². The number of carbonyl (C=O) groups excluding carboxylic acids is 1. The Kier molecular flexibility index (Phi) is 7.49. The third-order valence-electron chi connectivity index (χ3n) is 5.27. The summed E-state index contributed by atoms with van der Waals surface area (Å²) in [6.45, 7) is 7.62. The molecule has 1 heterocycles. The lowest BCUT2D eigenvalue weighted by atomic mass is 10.0. The number of anilines is 1. The number of hydrogen-bond donors (Lipinski definition) is 3. The van der Waals surface area contributed by atoms with Crippen LogP contribution in [-0.4, -0.2) is 41.8 Å². The van der Waals surface area contributed by atoms with Gasteiger partial charge in [-0.05, 0) is 61.6 Å². The van der Waals surface area contributed by atoms with Gasteiger partial charge in [0, 0.05) is 31.9 Å². The lowest BCUT2D eigenvalue weighted by molar-refractivity contribution is 0.0791. The number of carbonyl (C=O) groups is 1. The number of likely N-dealkylation sites (tertiary alicyclic amines) is 1. The van der Waals surface area contributed by atoms with Crippen molar-refractivity contribution in [3.8, 4) is 5.75 Å². The maximum atomic E-state index is 12.4. The minimum absolute atomic E-state index is 0.169. The first kappa shape index (κ1) is 21.1. The van der Waals surface area contributed by atoms with E-state index in [0.717, 1.165) is 55.0 Å². The van der Waals surface area contributed by atoms with Gasteiger partial charge < -0.3 is 20.5 Å². The molecular weight excluding hydrogens is 366 g/mol. The highest BCUT2D eigenvalue weighted by molar-refractivity contribution is 5.90. The number of rotatable bonds is 7. The van der Waals surface area contributed by atoms with Gasteiger partial charge >= 0.3 is 6.03 Å². The first-order chi connectivity index (χ1) is 14.0. The normalized spacial score (nSPS) is 15.1. The van der Waals surface area contributed by atoms with E-state index in [-0.39, 0.29) is 12.1 Å². The molecule has 6 heteroatoms. The van der Waals surface area contributed by atoms with Crippen molar-refractivity contribution in [1.29, 1.82) is 0 Å². The molecule has 0 saturated carbocycles. The summed E-state index contributed by atoms with van der Waals surface area (Å²) in [5.74, 6) is 0.801. The summed E-state index contributed by atoms with van der Waals surface area (Å²) in [6, 6.07) is 13.6. The van der Waals surface area contributed by atoms with Crippen LogP contribution in [-0.2, 0) is 13.1 Å². The van der Waals surface area contributed by atoms with Crippen molar-refractivity contribution in [2.24, 2.45) is 0 Å². The molecule has 1 saturated heterocycles. The summed E-state index contributed by atoms with van der Waals surface area (Å²) in [7, 11) is 0. The number of ether oxygens (including phenoxy) is 1. The Bertz CT molecular complexity index is 817. The minimum atomic E-state index is -0.229. The molecule has 0 unspecified atom stereocenters. The van der Waals surface area contributed by atoms with Crippen molar-refractivity contribution >= 4 is 11.7 Å². The predicted molar refractivity (Wildman–Crippen MR) is 115 cm³/mol. The molecule has 0 spiro atoms. The number of nitrogens with zero attached hydrogens (tertiary/aromatic N) is 1. The Morgan fingerprint density at radius 1 is 1.17 bits per heavy atom. The van der Waals surface area contributed by atoms with Crippen LogP contribution in [0.5, 0.6) is 5.75 Å². The summed E-state index contributed by atoms with van der Waals surface area (Å²) in [5, 5.41) is 15.6. The fourth-order valence-corrected chi connectivity index (χ4v) is 3.58. The molecule has 0 aliphatic carbocycles. The van der Waals surface area contributed by atoms with Crippen molar-refractivity contribution < 1.29 is 14.6 Å². The van der Waals surface area contributed by atoms with E-state index < -0.39 is 0 Å². The predicted octanol–water partition coefficient (Wildman–Crippen LogP) is 3.67. The molecule has 1 fully saturated rings. The number of amides is 2.